The number of hydrogen-bond donors (Lipinski definition) is 0. The smallest absolute Gasteiger partial charge is 0.227 e. The van der Waals surface area contributed by atoms with Crippen LogP contribution in [0, 0.1) is 0 Å². The van der Waals surface area contributed by atoms with Crippen LogP contribution in [-0.2, 0) is 0 Å². The molecule has 86 valence electrons. The topological polar surface area (TPSA) is 39.4 Å². The maximum absolute atomic E-state index is 11.5. The first-order valence-corrected chi connectivity index (χ1v) is 5.19. The second-order valence-electron chi connectivity index (χ2n) is 3.46. The predicted molar refractivity (Wildman–Crippen MR) is 66.9 cm³/mol. The lowest BCUT2D eigenvalue weighted by Gasteiger charge is -1.97. The van der Waals surface area contributed by atoms with Crippen molar-refractivity contribution in [2.24, 2.45) is 0 Å². The average molecular weight is 228 g/mol. The molecule has 0 fully saturated rings. The summed E-state index contributed by atoms with van der Waals surface area (Å²) in [4.78, 5) is 11.5. The molecule has 0 spiro atoms. The molecule has 0 aliphatic heterocycles. The molecule has 1 heterocycles. The Hall–Kier alpha value is -2.29. The van der Waals surface area contributed by atoms with Crippen molar-refractivity contribution in [2.45, 2.75) is 0 Å². The van der Waals surface area contributed by atoms with Crippen LogP contribution in [0.15, 0.2) is 51.9 Å². The Morgan fingerprint density at radius 1 is 1.18 bits per heavy atom. The highest BCUT2D eigenvalue weighted by molar-refractivity contribution is 5.67. The summed E-state index contributed by atoms with van der Waals surface area (Å²) >= 11 is 0. The van der Waals surface area contributed by atoms with Crippen LogP contribution in [0.3, 0.4) is 0 Å². The Bertz CT molecular complexity index is 568. The number of hydrogen-bond acceptors (Lipinski definition) is 3. The van der Waals surface area contributed by atoms with Gasteiger partial charge < -0.3 is 9.15 Å². The van der Waals surface area contributed by atoms with Crippen LogP contribution in [0.1, 0.15) is 11.3 Å². The van der Waals surface area contributed by atoms with Gasteiger partial charge in [0.05, 0.1) is 7.11 Å². The summed E-state index contributed by atoms with van der Waals surface area (Å²) in [6.45, 7) is 0. The quantitative estimate of drug-likeness (QED) is 0.810. The Balaban J connectivity index is 2.22. The maximum atomic E-state index is 11.5. The van der Waals surface area contributed by atoms with Gasteiger partial charge >= 0.3 is 0 Å². The van der Waals surface area contributed by atoms with Crippen LogP contribution in [0.25, 0.3) is 12.2 Å². The molecule has 0 N–H and O–H groups in total. The Morgan fingerprint density at radius 3 is 2.59 bits per heavy atom. The molecule has 2 rings (SSSR count). The highest BCUT2D eigenvalue weighted by Crippen LogP contribution is 2.09. The second kappa shape index (κ2) is 5.16. The number of benzene rings is 1. The van der Waals surface area contributed by atoms with Crippen molar-refractivity contribution in [1.82, 2.24) is 0 Å². The molecule has 0 aliphatic rings. The van der Waals surface area contributed by atoms with Crippen molar-refractivity contribution >= 4 is 12.2 Å². The lowest BCUT2D eigenvalue weighted by Crippen LogP contribution is -2.03. The molecular formula is C14H12O3. The minimum atomic E-state index is -0.188. The first-order chi connectivity index (χ1) is 8.29. The minimum Gasteiger partial charge on any atom is -0.490 e. The van der Waals surface area contributed by atoms with Gasteiger partial charge in [0.15, 0.2) is 0 Å². The minimum absolute atomic E-state index is 0.188. The molecule has 0 amide bonds. The van der Waals surface area contributed by atoms with Gasteiger partial charge in [-0.25, -0.2) is 0 Å². The largest absolute Gasteiger partial charge is 0.490 e. The molecule has 0 atom stereocenters. The van der Waals surface area contributed by atoms with E-state index in [9.17, 15) is 4.79 Å². The summed E-state index contributed by atoms with van der Waals surface area (Å²) in [5.41, 5.74) is 0.859. The van der Waals surface area contributed by atoms with Crippen molar-refractivity contribution in [3.05, 3.63) is 64.2 Å². The zero-order chi connectivity index (χ0) is 12.1. The SMILES string of the molecule is COc1coc(/C=C/c2ccccc2)cc1=O. The second-order valence-corrected chi connectivity index (χ2v) is 3.46. The Labute approximate surface area is 99.0 Å². The molecular weight excluding hydrogens is 216 g/mol. The van der Waals surface area contributed by atoms with Crippen molar-refractivity contribution in [2.75, 3.05) is 7.11 Å². The highest BCUT2D eigenvalue weighted by Gasteiger charge is 2.00. The van der Waals surface area contributed by atoms with E-state index in [1.807, 2.05) is 36.4 Å². The lowest BCUT2D eigenvalue weighted by molar-refractivity contribution is 0.385. The van der Waals surface area contributed by atoms with E-state index in [4.69, 9.17) is 9.15 Å². The molecule has 0 saturated heterocycles. The van der Waals surface area contributed by atoms with Gasteiger partial charge in [0.25, 0.3) is 0 Å². The van der Waals surface area contributed by atoms with E-state index in [-0.39, 0.29) is 11.2 Å². The fourth-order valence-electron chi connectivity index (χ4n) is 1.39. The van der Waals surface area contributed by atoms with Gasteiger partial charge in [-0.3, -0.25) is 4.79 Å². The molecule has 2 aromatic rings. The predicted octanol–water partition coefficient (Wildman–Crippen LogP) is 2.82. The summed E-state index contributed by atoms with van der Waals surface area (Å²) in [7, 11) is 1.44. The highest BCUT2D eigenvalue weighted by atomic mass is 16.5. The molecule has 1 aromatic heterocycles. The van der Waals surface area contributed by atoms with Crippen LogP contribution < -0.4 is 10.2 Å². The number of rotatable bonds is 3. The lowest BCUT2D eigenvalue weighted by atomic mass is 10.2. The standard InChI is InChI=1S/C14H12O3/c1-16-14-10-17-12(9-13(14)15)8-7-11-5-3-2-4-6-11/h2-10H,1H3/b8-7+. The maximum Gasteiger partial charge on any atom is 0.227 e. The summed E-state index contributed by atoms with van der Waals surface area (Å²) in [6, 6.07) is 11.2. The van der Waals surface area contributed by atoms with E-state index in [2.05, 4.69) is 0 Å². The van der Waals surface area contributed by atoms with Gasteiger partial charge in [-0.05, 0) is 11.6 Å². The van der Waals surface area contributed by atoms with Gasteiger partial charge in [-0.1, -0.05) is 36.4 Å². The number of ether oxygens (including phenoxy) is 1. The average Bonchev–Trinajstić information content (AvgIpc) is 2.38. The molecule has 1 aromatic carbocycles. The molecule has 3 nitrogen and oxygen atoms in total. The van der Waals surface area contributed by atoms with Crippen LogP contribution >= 0.6 is 0 Å². The van der Waals surface area contributed by atoms with E-state index in [1.54, 1.807) is 6.08 Å². The summed E-state index contributed by atoms with van der Waals surface area (Å²) in [6.07, 6.45) is 4.94. The first-order valence-electron chi connectivity index (χ1n) is 5.19. The molecule has 0 aliphatic carbocycles. The van der Waals surface area contributed by atoms with Crippen LogP contribution in [0.2, 0.25) is 0 Å². The molecule has 0 unspecified atom stereocenters. The van der Waals surface area contributed by atoms with Crippen LogP contribution in [-0.4, -0.2) is 7.11 Å². The van der Waals surface area contributed by atoms with E-state index in [0.29, 0.717) is 5.76 Å². The number of methoxy groups -OCH3 is 1. The fraction of sp³-hybridized carbons (Fsp3) is 0.0714. The monoisotopic (exact) mass is 228 g/mol. The fourth-order valence-corrected chi connectivity index (χ4v) is 1.39. The van der Waals surface area contributed by atoms with Crippen LogP contribution in [0.4, 0.5) is 0 Å². The van der Waals surface area contributed by atoms with E-state index >= 15 is 0 Å². The van der Waals surface area contributed by atoms with Crippen molar-refractivity contribution in [1.29, 1.82) is 0 Å². The summed E-state index contributed by atoms with van der Waals surface area (Å²) in [5, 5.41) is 0. The third-order valence-electron chi connectivity index (χ3n) is 2.28. The van der Waals surface area contributed by atoms with E-state index in [1.165, 1.54) is 19.4 Å². The van der Waals surface area contributed by atoms with Gasteiger partial charge in [-0.2, -0.15) is 0 Å². The zero-order valence-corrected chi connectivity index (χ0v) is 9.42. The first kappa shape index (κ1) is 11.2. The molecule has 0 saturated carbocycles. The van der Waals surface area contributed by atoms with Crippen molar-refractivity contribution in [3.63, 3.8) is 0 Å². The van der Waals surface area contributed by atoms with Gasteiger partial charge in [0.1, 0.15) is 12.0 Å². The third kappa shape index (κ3) is 2.84. The molecule has 3 heteroatoms. The summed E-state index contributed by atoms with van der Waals surface area (Å²) in [5.74, 6) is 0.710. The van der Waals surface area contributed by atoms with Crippen molar-refractivity contribution in [3.8, 4) is 5.75 Å². The van der Waals surface area contributed by atoms with E-state index < -0.39 is 0 Å². The van der Waals surface area contributed by atoms with Crippen LogP contribution in [0.5, 0.6) is 5.75 Å². The van der Waals surface area contributed by atoms with Crippen molar-refractivity contribution < 1.29 is 9.15 Å². The Morgan fingerprint density at radius 2 is 1.94 bits per heavy atom. The van der Waals surface area contributed by atoms with Gasteiger partial charge in [-0.15, -0.1) is 0 Å². The van der Waals surface area contributed by atoms with Gasteiger partial charge in [0, 0.05) is 6.07 Å². The van der Waals surface area contributed by atoms with Gasteiger partial charge in [0.2, 0.25) is 11.2 Å². The third-order valence-corrected chi connectivity index (χ3v) is 2.28. The normalized spacial score (nSPS) is 10.6. The Kier molecular flexibility index (Phi) is 3.40. The molecule has 17 heavy (non-hydrogen) atoms. The zero-order valence-electron chi connectivity index (χ0n) is 9.42. The van der Waals surface area contributed by atoms with E-state index in [0.717, 1.165) is 5.56 Å². The molecule has 0 bridgehead atoms. The summed E-state index contributed by atoms with van der Waals surface area (Å²) < 4.78 is 10.1. The molecule has 0 radical (unpaired) electrons.